The zero-order valence-electron chi connectivity index (χ0n) is 20.3. The molecule has 5 heteroatoms. The Morgan fingerprint density at radius 2 is 1.91 bits per heavy atom. The molecule has 32 heavy (non-hydrogen) atoms. The summed E-state index contributed by atoms with van der Waals surface area (Å²) in [5.74, 6) is 0.704. The second-order valence-electron chi connectivity index (χ2n) is 8.77. The summed E-state index contributed by atoms with van der Waals surface area (Å²) in [5, 5.41) is 10.2. The molecule has 0 N–H and O–H groups in total. The van der Waals surface area contributed by atoms with Crippen LogP contribution >= 0.6 is 0 Å². The number of hydrogen-bond acceptors (Lipinski definition) is 5. The SMILES string of the molecule is COC(=O)c1cccc(CCN(C)CCCC(C#N)(c2ccc(C)c(OC)c2)C(C)C)c1. The largest absolute Gasteiger partial charge is 0.496 e. The van der Waals surface area contributed by atoms with Crippen LogP contribution < -0.4 is 4.74 Å². The number of esters is 1. The third kappa shape index (κ3) is 6.11. The molecular weight excluding hydrogens is 400 g/mol. The molecule has 0 saturated carbocycles. The van der Waals surface area contributed by atoms with Crippen molar-refractivity contribution < 1.29 is 14.3 Å². The van der Waals surface area contributed by atoms with E-state index < -0.39 is 5.41 Å². The van der Waals surface area contributed by atoms with Gasteiger partial charge in [0.15, 0.2) is 0 Å². The lowest BCUT2D eigenvalue weighted by Crippen LogP contribution is -2.32. The molecule has 0 amide bonds. The molecule has 5 nitrogen and oxygen atoms in total. The van der Waals surface area contributed by atoms with Gasteiger partial charge in [-0.05, 0) is 80.6 Å². The summed E-state index contributed by atoms with van der Waals surface area (Å²) in [6.45, 7) is 8.03. The van der Waals surface area contributed by atoms with Crippen LogP contribution in [0.3, 0.4) is 0 Å². The van der Waals surface area contributed by atoms with Gasteiger partial charge in [-0.25, -0.2) is 4.79 Å². The van der Waals surface area contributed by atoms with Crippen LogP contribution in [0, 0.1) is 24.2 Å². The van der Waals surface area contributed by atoms with E-state index in [2.05, 4.69) is 37.9 Å². The molecule has 1 unspecified atom stereocenters. The quantitative estimate of drug-likeness (QED) is 0.455. The second-order valence-corrected chi connectivity index (χ2v) is 8.77. The average molecular weight is 437 g/mol. The van der Waals surface area contributed by atoms with Crippen LogP contribution in [0.5, 0.6) is 5.75 Å². The van der Waals surface area contributed by atoms with Gasteiger partial charge < -0.3 is 14.4 Å². The van der Waals surface area contributed by atoms with Gasteiger partial charge >= 0.3 is 5.97 Å². The highest BCUT2D eigenvalue weighted by atomic mass is 16.5. The Labute approximate surface area is 193 Å². The highest BCUT2D eigenvalue weighted by Gasteiger charge is 2.36. The van der Waals surface area contributed by atoms with Crippen molar-refractivity contribution in [3.8, 4) is 11.8 Å². The predicted molar refractivity (Wildman–Crippen MR) is 128 cm³/mol. The molecule has 0 fully saturated rings. The van der Waals surface area contributed by atoms with Crippen molar-refractivity contribution in [2.24, 2.45) is 5.92 Å². The van der Waals surface area contributed by atoms with Gasteiger partial charge in [-0.15, -0.1) is 0 Å². The van der Waals surface area contributed by atoms with Crippen molar-refractivity contribution >= 4 is 5.97 Å². The first-order valence-corrected chi connectivity index (χ1v) is 11.2. The maximum atomic E-state index is 11.7. The van der Waals surface area contributed by atoms with Gasteiger partial charge in [0.25, 0.3) is 0 Å². The van der Waals surface area contributed by atoms with Crippen LogP contribution in [0.2, 0.25) is 0 Å². The van der Waals surface area contributed by atoms with E-state index in [1.54, 1.807) is 13.2 Å². The topological polar surface area (TPSA) is 62.6 Å². The Bertz CT molecular complexity index is 948. The zero-order valence-corrected chi connectivity index (χ0v) is 20.3. The van der Waals surface area contributed by atoms with Gasteiger partial charge in [-0.3, -0.25) is 0 Å². The Kier molecular flexibility index (Phi) is 9.28. The molecule has 0 radical (unpaired) electrons. The summed E-state index contributed by atoms with van der Waals surface area (Å²) in [5.41, 5.74) is 3.25. The van der Waals surface area contributed by atoms with E-state index >= 15 is 0 Å². The van der Waals surface area contributed by atoms with Gasteiger partial charge in [-0.2, -0.15) is 5.26 Å². The normalized spacial score (nSPS) is 13.0. The smallest absolute Gasteiger partial charge is 0.337 e. The van der Waals surface area contributed by atoms with Crippen molar-refractivity contribution in [2.45, 2.75) is 45.4 Å². The molecule has 2 aromatic carbocycles. The Balaban J connectivity index is 2.00. The van der Waals surface area contributed by atoms with Crippen LogP contribution in [0.4, 0.5) is 0 Å². The van der Waals surface area contributed by atoms with E-state index in [9.17, 15) is 10.1 Å². The molecule has 0 heterocycles. The van der Waals surface area contributed by atoms with E-state index in [4.69, 9.17) is 9.47 Å². The maximum Gasteiger partial charge on any atom is 0.337 e. The van der Waals surface area contributed by atoms with E-state index in [0.29, 0.717) is 5.56 Å². The number of rotatable bonds is 11. The fourth-order valence-corrected chi connectivity index (χ4v) is 4.14. The van der Waals surface area contributed by atoms with Gasteiger partial charge in [0.1, 0.15) is 5.75 Å². The third-order valence-corrected chi connectivity index (χ3v) is 6.35. The van der Waals surface area contributed by atoms with E-state index in [0.717, 1.165) is 54.8 Å². The van der Waals surface area contributed by atoms with Crippen molar-refractivity contribution in [1.29, 1.82) is 5.26 Å². The molecule has 0 aliphatic heterocycles. The summed E-state index contributed by atoms with van der Waals surface area (Å²) >= 11 is 0. The average Bonchev–Trinajstić information content (AvgIpc) is 2.80. The van der Waals surface area contributed by atoms with Crippen LogP contribution in [0.25, 0.3) is 0 Å². The number of aryl methyl sites for hydroxylation is 1. The molecule has 0 saturated heterocycles. The Morgan fingerprint density at radius 3 is 2.53 bits per heavy atom. The van der Waals surface area contributed by atoms with Crippen LogP contribution in [0.1, 0.15) is 53.7 Å². The summed E-state index contributed by atoms with van der Waals surface area (Å²) < 4.78 is 10.3. The first-order valence-electron chi connectivity index (χ1n) is 11.2. The summed E-state index contributed by atoms with van der Waals surface area (Å²) in [6, 6.07) is 16.4. The highest BCUT2D eigenvalue weighted by molar-refractivity contribution is 5.89. The number of carbonyl (C=O) groups is 1. The molecule has 172 valence electrons. The van der Waals surface area contributed by atoms with Gasteiger partial charge in [0.05, 0.1) is 31.3 Å². The van der Waals surface area contributed by atoms with E-state index in [-0.39, 0.29) is 11.9 Å². The van der Waals surface area contributed by atoms with Crippen molar-refractivity contribution in [1.82, 2.24) is 4.90 Å². The monoisotopic (exact) mass is 436 g/mol. The Hall–Kier alpha value is -2.84. The van der Waals surface area contributed by atoms with Crippen LogP contribution in [0.15, 0.2) is 42.5 Å². The molecular formula is C27H36N2O3. The zero-order chi connectivity index (χ0) is 23.7. The number of carbonyl (C=O) groups excluding carboxylic acids is 1. The van der Waals surface area contributed by atoms with Crippen LogP contribution in [-0.4, -0.2) is 45.2 Å². The number of methoxy groups -OCH3 is 2. The first-order chi connectivity index (χ1) is 15.3. The fraction of sp³-hybridized carbons (Fsp3) is 0.481. The molecule has 2 rings (SSSR count). The number of nitriles is 1. The molecule has 0 bridgehead atoms. The molecule has 0 aliphatic rings. The number of likely N-dealkylation sites (N-methyl/N-ethyl adjacent to an activating group) is 1. The van der Waals surface area contributed by atoms with Gasteiger partial charge in [0, 0.05) is 6.54 Å². The summed E-state index contributed by atoms with van der Waals surface area (Å²) in [7, 11) is 5.17. The van der Waals surface area contributed by atoms with Gasteiger partial charge in [0.2, 0.25) is 0 Å². The van der Waals surface area contributed by atoms with E-state index in [1.165, 1.54) is 7.11 Å². The van der Waals surface area contributed by atoms with Crippen molar-refractivity contribution in [2.75, 3.05) is 34.4 Å². The molecule has 2 aromatic rings. The van der Waals surface area contributed by atoms with Gasteiger partial charge in [-0.1, -0.05) is 38.1 Å². The molecule has 0 aliphatic carbocycles. The Morgan fingerprint density at radius 1 is 1.16 bits per heavy atom. The minimum absolute atomic E-state index is 0.186. The highest BCUT2D eigenvalue weighted by Crippen LogP contribution is 2.38. The van der Waals surface area contributed by atoms with Crippen molar-refractivity contribution in [3.63, 3.8) is 0 Å². The number of hydrogen-bond donors (Lipinski definition) is 0. The predicted octanol–water partition coefficient (Wildman–Crippen LogP) is 5.16. The lowest BCUT2D eigenvalue weighted by molar-refractivity contribution is 0.0600. The maximum absolute atomic E-state index is 11.7. The minimum Gasteiger partial charge on any atom is -0.496 e. The molecule has 1 atom stereocenters. The summed E-state index contributed by atoms with van der Waals surface area (Å²) in [4.78, 5) is 14.0. The second kappa shape index (κ2) is 11.7. The minimum atomic E-state index is -0.545. The number of ether oxygens (including phenoxy) is 2. The standard InChI is InChI=1S/C27H36N2O3/c1-20(2)27(19-28,24-12-11-21(3)25(18-24)31-5)14-8-15-29(4)16-13-22-9-7-10-23(17-22)26(30)32-6/h7,9-12,17-18,20H,8,13-16H2,1-6H3. The lowest BCUT2D eigenvalue weighted by atomic mass is 9.69. The fourth-order valence-electron chi connectivity index (χ4n) is 4.14. The molecule has 0 aromatic heterocycles. The molecule has 0 spiro atoms. The van der Waals surface area contributed by atoms with Crippen molar-refractivity contribution in [3.05, 3.63) is 64.7 Å². The number of benzene rings is 2. The number of nitrogens with zero attached hydrogens (tertiary/aromatic N) is 2. The lowest BCUT2D eigenvalue weighted by Gasteiger charge is -2.32. The van der Waals surface area contributed by atoms with E-state index in [1.807, 2.05) is 37.3 Å². The first kappa shape index (κ1) is 25.4. The third-order valence-electron chi connectivity index (χ3n) is 6.35. The van der Waals surface area contributed by atoms with Crippen LogP contribution in [-0.2, 0) is 16.6 Å². The summed E-state index contributed by atoms with van der Waals surface area (Å²) in [6.07, 6.45) is 2.56.